The number of fused-ring (bicyclic) bond motifs is 5. The average molecular weight is 326 g/mol. The van der Waals surface area contributed by atoms with Crippen LogP contribution in [0, 0.1) is 4.77 Å². The molecule has 7 heteroatoms. The first kappa shape index (κ1) is 13.9. The lowest BCUT2D eigenvalue weighted by Crippen LogP contribution is -2.07. The first-order valence-corrected chi connectivity index (χ1v) is 7.52. The zero-order valence-corrected chi connectivity index (χ0v) is 12.3. The van der Waals surface area contributed by atoms with E-state index in [0.717, 1.165) is 37.1 Å². The molecule has 0 radical (unpaired) electrons. The van der Waals surface area contributed by atoms with Crippen LogP contribution >= 0.6 is 12.2 Å². The monoisotopic (exact) mass is 326 g/mol. The summed E-state index contributed by atoms with van der Waals surface area (Å²) < 4.78 is 42.3. The van der Waals surface area contributed by atoms with Gasteiger partial charge in [-0.2, -0.15) is 13.2 Å². The minimum atomic E-state index is -4.42. The third kappa shape index (κ3) is 1.78. The fourth-order valence-corrected chi connectivity index (χ4v) is 4.19. The summed E-state index contributed by atoms with van der Waals surface area (Å²) in [5.74, 6) is 0.246. The topological polar surface area (TPSA) is 30.1 Å². The van der Waals surface area contributed by atoms with Crippen LogP contribution in [0.15, 0.2) is 24.3 Å². The van der Waals surface area contributed by atoms with E-state index in [0.29, 0.717) is 4.77 Å². The summed E-state index contributed by atoms with van der Waals surface area (Å²) in [5.41, 5.74) is 0.276. The number of hydrogen-bond donors (Lipinski definition) is 1. The van der Waals surface area contributed by atoms with Gasteiger partial charge in [-0.15, -0.1) is 0 Å². The van der Waals surface area contributed by atoms with Gasteiger partial charge in [-0.3, -0.25) is 4.57 Å². The number of rotatable bonds is 1. The SMILES string of the molecule is Oc1c2n(c(=S)n1-c1cccc(C(F)(F)F)c1)[C@H]1CC[C@@H]2C1. The molecule has 2 atom stereocenters. The molecule has 2 aromatic rings. The molecular formula is C15H13F3N2OS. The van der Waals surface area contributed by atoms with Crippen molar-refractivity contribution in [3.63, 3.8) is 0 Å². The predicted octanol–water partition coefficient (Wildman–Crippen LogP) is 4.55. The van der Waals surface area contributed by atoms with Crippen LogP contribution < -0.4 is 0 Å². The van der Waals surface area contributed by atoms with E-state index in [2.05, 4.69) is 0 Å². The zero-order valence-electron chi connectivity index (χ0n) is 11.5. The Morgan fingerprint density at radius 2 is 2.00 bits per heavy atom. The molecule has 0 spiro atoms. The van der Waals surface area contributed by atoms with Gasteiger partial charge in [-0.05, 0) is 49.7 Å². The van der Waals surface area contributed by atoms with E-state index in [9.17, 15) is 18.3 Å². The molecule has 2 heterocycles. The Hall–Kier alpha value is -1.76. The lowest BCUT2D eigenvalue weighted by Gasteiger charge is -2.12. The smallest absolute Gasteiger partial charge is 0.416 e. The second-order valence-corrected chi connectivity index (χ2v) is 6.27. The van der Waals surface area contributed by atoms with E-state index in [4.69, 9.17) is 12.2 Å². The second-order valence-electron chi connectivity index (χ2n) is 5.91. The number of benzene rings is 1. The first-order chi connectivity index (χ1) is 10.4. The van der Waals surface area contributed by atoms with Crippen molar-refractivity contribution < 1.29 is 18.3 Å². The van der Waals surface area contributed by atoms with Crippen LogP contribution in [0.1, 0.15) is 42.5 Å². The van der Waals surface area contributed by atoms with E-state index in [1.165, 1.54) is 16.7 Å². The van der Waals surface area contributed by atoms with Gasteiger partial charge >= 0.3 is 6.18 Å². The van der Waals surface area contributed by atoms with E-state index in [1.807, 2.05) is 4.57 Å². The van der Waals surface area contributed by atoms with Gasteiger partial charge in [0.15, 0.2) is 4.77 Å². The summed E-state index contributed by atoms with van der Waals surface area (Å²) in [6.07, 6.45) is -1.44. The number of aromatic nitrogens is 2. The van der Waals surface area contributed by atoms with Gasteiger partial charge in [0.1, 0.15) is 0 Å². The summed E-state index contributed by atoms with van der Waals surface area (Å²) >= 11 is 5.41. The highest BCUT2D eigenvalue weighted by Gasteiger charge is 2.41. The number of alkyl halides is 3. The molecule has 1 aliphatic carbocycles. The highest BCUT2D eigenvalue weighted by atomic mass is 32.1. The minimum Gasteiger partial charge on any atom is -0.493 e. The van der Waals surface area contributed by atoms with Gasteiger partial charge in [-0.1, -0.05) is 6.07 Å². The van der Waals surface area contributed by atoms with Crippen molar-refractivity contribution in [1.82, 2.24) is 9.13 Å². The number of nitrogens with zero attached hydrogens (tertiary/aromatic N) is 2. The quantitative estimate of drug-likeness (QED) is 0.779. The van der Waals surface area contributed by atoms with Crippen molar-refractivity contribution in [3.8, 4) is 11.6 Å². The average Bonchev–Trinajstić information content (AvgIpc) is 3.12. The molecule has 116 valence electrons. The second kappa shape index (κ2) is 4.38. The van der Waals surface area contributed by atoms with Crippen molar-refractivity contribution in [2.24, 2.45) is 0 Å². The Labute approximate surface area is 129 Å². The molecular weight excluding hydrogens is 313 g/mol. The van der Waals surface area contributed by atoms with Crippen LogP contribution in [-0.2, 0) is 6.18 Å². The third-order valence-corrected chi connectivity index (χ3v) is 5.07. The Bertz CT molecular complexity index is 821. The lowest BCUT2D eigenvalue weighted by atomic mass is 10.1. The predicted molar refractivity (Wildman–Crippen MR) is 76.9 cm³/mol. The highest BCUT2D eigenvalue weighted by molar-refractivity contribution is 7.71. The van der Waals surface area contributed by atoms with Crippen LogP contribution in [0.4, 0.5) is 13.2 Å². The Morgan fingerprint density at radius 3 is 2.68 bits per heavy atom. The molecule has 1 aromatic heterocycles. The number of aromatic hydroxyl groups is 1. The van der Waals surface area contributed by atoms with E-state index in [-0.39, 0.29) is 23.5 Å². The van der Waals surface area contributed by atoms with E-state index in [1.54, 1.807) is 0 Å². The standard InChI is InChI=1S/C15H13F3N2OS/c16-15(17,18)9-2-1-3-10(7-9)20-13(21)12-8-4-5-11(6-8)19(12)14(20)22/h1-3,7-8,11,21H,4-6H2/t8-,11+/m1/s1. The molecule has 4 rings (SSSR count). The molecule has 1 aliphatic heterocycles. The fourth-order valence-electron chi connectivity index (χ4n) is 3.75. The van der Waals surface area contributed by atoms with Crippen molar-refractivity contribution in [2.75, 3.05) is 0 Å². The normalized spacial score (nSPS) is 23.0. The number of imidazole rings is 1. The lowest BCUT2D eigenvalue weighted by molar-refractivity contribution is -0.137. The summed E-state index contributed by atoms with van der Waals surface area (Å²) in [6, 6.07) is 5.16. The molecule has 1 N–H and O–H groups in total. The fraction of sp³-hybridized carbons (Fsp3) is 0.400. The van der Waals surface area contributed by atoms with Gasteiger partial charge < -0.3 is 9.67 Å². The van der Waals surface area contributed by atoms with Crippen molar-refractivity contribution >= 4 is 12.2 Å². The summed E-state index contributed by atoms with van der Waals surface area (Å²) in [4.78, 5) is 0. The molecule has 0 amide bonds. The maximum Gasteiger partial charge on any atom is 0.416 e. The maximum atomic E-state index is 12.9. The third-order valence-electron chi connectivity index (χ3n) is 4.69. The Morgan fingerprint density at radius 1 is 1.23 bits per heavy atom. The maximum absolute atomic E-state index is 12.9. The summed E-state index contributed by atoms with van der Waals surface area (Å²) in [6.45, 7) is 0. The molecule has 22 heavy (non-hydrogen) atoms. The van der Waals surface area contributed by atoms with Crippen LogP contribution in [0.2, 0.25) is 0 Å². The number of halogens is 3. The molecule has 2 bridgehead atoms. The molecule has 2 aliphatic rings. The van der Waals surface area contributed by atoms with E-state index >= 15 is 0 Å². The van der Waals surface area contributed by atoms with Gasteiger partial charge in [0.2, 0.25) is 5.88 Å². The first-order valence-electron chi connectivity index (χ1n) is 7.11. The summed E-state index contributed by atoms with van der Waals surface area (Å²) in [7, 11) is 0. The number of hydrogen-bond acceptors (Lipinski definition) is 2. The Kier molecular flexibility index (Phi) is 2.76. The molecule has 1 saturated carbocycles. The van der Waals surface area contributed by atoms with Crippen LogP contribution in [0.3, 0.4) is 0 Å². The molecule has 0 saturated heterocycles. The highest BCUT2D eigenvalue weighted by Crippen LogP contribution is 2.52. The van der Waals surface area contributed by atoms with E-state index < -0.39 is 11.7 Å². The zero-order chi connectivity index (χ0) is 15.6. The minimum absolute atomic E-state index is 0.0171. The largest absolute Gasteiger partial charge is 0.493 e. The van der Waals surface area contributed by atoms with Gasteiger partial charge in [0, 0.05) is 12.0 Å². The van der Waals surface area contributed by atoms with Crippen LogP contribution in [-0.4, -0.2) is 14.2 Å². The molecule has 1 fully saturated rings. The molecule has 3 nitrogen and oxygen atoms in total. The van der Waals surface area contributed by atoms with Gasteiger partial charge in [0.25, 0.3) is 0 Å². The van der Waals surface area contributed by atoms with Gasteiger partial charge in [-0.25, -0.2) is 0 Å². The van der Waals surface area contributed by atoms with Crippen molar-refractivity contribution in [3.05, 3.63) is 40.3 Å². The Balaban J connectivity index is 1.91. The molecule has 1 aromatic carbocycles. The van der Waals surface area contributed by atoms with Crippen molar-refractivity contribution in [2.45, 2.75) is 37.4 Å². The summed E-state index contributed by atoms with van der Waals surface area (Å²) in [5, 5.41) is 10.5. The van der Waals surface area contributed by atoms with Crippen LogP contribution in [0.25, 0.3) is 5.69 Å². The van der Waals surface area contributed by atoms with Gasteiger partial charge in [0.05, 0.1) is 16.9 Å². The van der Waals surface area contributed by atoms with Crippen LogP contribution in [0.5, 0.6) is 5.88 Å². The van der Waals surface area contributed by atoms with Crippen molar-refractivity contribution in [1.29, 1.82) is 0 Å². The molecule has 0 unspecified atom stereocenters.